The van der Waals surface area contributed by atoms with Crippen LogP contribution in [-0.4, -0.2) is 16.3 Å². The lowest BCUT2D eigenvalue weighted by Gasteiger charge is -2.21. The zero-order chi connectivity index (χ0) is 13.8. The first-order valence-electron chi connectivity index (χ1n) is 6.35. The Balaban J connectivity index is 1.98. The highest BCUT2D eigenvalue weighted by Crippen LogP contribution is 2.28. The number of aromatic hydroxyl groups is 2. The number of hydrogen-bond acceptors (Lipinski definition) is 4. The third kappa shape index (κ3) is 3.72. The topological polar surface area (TPSA) is 52.5 Å². The van der Waals surface area contributed by atoms with E-state index in [1.807, 2.05) is 6.92 Å². The normalized spacial score (nSPS) is 14.2. The van der Waals surface area contributed by atoms with Gasteiger partial charge in [0.15, 0.2) is 0 Å². The molecule has 0 saturated heterocycles. The lowest BCUT2D eigenvalue weighted by atomic mass is 10.0. The average Bonchev–Trinajstić information content (AvgIpc) is 2.81. The Kier molecular flexibility index (Phi) is 4.45. The second-order valence-electron chi connectivity index (χ2n) is 4.87. The lowest BCUT2D eigenvalue weighted by molar-refractivity contribution is 0.424. The third-order valence-corrected chi connectivity index (χ3v) is 3.87. The van der Waals surface area contributed by atoms with E-state index in [4.69, 9.17) is 0 Å². The maximum Gasteiger partial charge on any atom is 0.124 e. The minimum atomic E-state index is 0.0363. The van der Waals surface area contributed by atoms with Crippen molar-refractivity contribution in [2.45, 2.75) is 32.4 Å². The van der Waals surface area contributed by atoms with Crippen LogP contribution < -0.4 is 5.32 Å². The second-order valence-corrected chi connectivity index (χ2v) is 5.65. The molecule has 0 aliphatic rings. The molecule has 0 radical (unpaired) electrons. The van der Waals surface area contributed by atoms with Crippen LogP contribution in [0.1, 0.15) is 31.0 Å². The first kappa shape index (κ1) is 13.9. The molecule has 0 fully saturated rings. The number of hydrogen-bond donors (Lipinski definition) is 3. The molecule has 2 aromatic rings. The maximum absolute atomic E-state index is 9.83. The number of thiophene rings is 1. The van der Waals surface area contributed by atoms with E-state index in [2.05, 4.69) is 29.1 Å². The van der Waals surface area contributed by atoms with Crippen LogP contribution in [-0.2, 0) is 6.42 Å². The summed E-state index contributed by atoms with van der Waals surface area (Å²) >= 11 is 1.71. The van der Waals surface area contributed by atoms with E-state index in [1.165, 1.54) is 11.6 Å². The third-order valence-electron chi connectivity index (χ3n) is 3.14. The molecular formula is C15H19NO2S. The molecule has 1 heterocycles. The molecule has 2 unspecified atom stereocenters. The Bertz CT molecular complexity index is 525. The van der Waals surface area contributed by atoms with E-state index >= 15 is 0 Å². The van der Waals surface area contributed by atoms with Crippen molar-refractivity contribution in [3.63, 3.8) is 0 Å². The predicted molar refractivity (Wildman–Crippen MR) is 78.8 cm³/mol. The van der Waals surface area contributed by atoms with Gasteiger partial charge in [-0.25, -0.2) is 0 Å². The van der Waals surface area contributed by atoms with Crippen molar-refractivity contribution in [3.05, 3.63) is 46.2 Å². The van der Waals surface area contributed by atoms with Gasteiger partial charge in [-0.15, -0.1) is 0 Å². The summed E-state index contributed by atoms with van der Waals surface area (Å²) in [6, 6.07) is 7.20. The Morgan fingerprint density at radius 2 is 2.00 bits per heavy atom. The van der Waals surface area contributed by atoms with Crippen LogP contribution in [0.2, 0.25) is 0 Å². The van der Waals surface area contributed by atoms with E-state index < -0.39 is 0 Å². The molecule has 1 aromatic carbocycles. The minimum Gasteiger partial charge on any atom is -0.508 e. The number of benzene rings is 1. The molecule has 2 rings (SSSR count). The van der Waals surface area contributed by atoms with Gasteiger partial charge >= 0.3 is 0 Å². The molecule has 102 valence electrons. The quantitative estimate of drug-likeness (QED) is 0.784. The summed E-state index contributed by atoms with van der Waals surface area (Å²) in [5, 5.41) is 26.8. The first-order chi connectivity index (χ1) is 9.06. The molecule has 3 nitrogen and oxygen atoms in total. The van der Waals surface area contributed by atoms with Gasteiger partial charge in [-0.2, -0.15) is 11.3 Å². The van der Waals surface area contributed by atoms with E-state index in [1.54, 1.807) is 23.5 Å². The monoisotopic (exact) mass is 277 g/mol. The Labute approximate surface area is 117 Å². The van der Waals surface area contributed by atoms with Gasteiger partial charge in [-0.3, -0.25) is 0 Å². The van der Waals surface area contributed by atoms with Crippen LogP contribution >= 0.6 is 11.3 Å². The SMILES string of the molecule is CC(Cc1ccsc1)NC(C)c1ccc(O)cc1O. The first-order valence-corrected chi connectivity index (χ1v) is 7.29. The standard InChI is InChI=1S/C15H19NO2S/c1-10(7-12-5-6-19-9-12)16-11(2)14-4-3-13(17)8-15(14)18/h3-6,8-11,16-18H,7H2,1-2H3. The summed E-state index contributed by atoms with van der Waals surface area (Å²) in [5.74, 6) is 0.211. The van der Waals surface area contributed by atoms with Gasteiger partial charge in [-0.1, -0.05) is 6.07 Å². The van der Waals surface area contributed by atoms with Crippen LogP contribution in [0.3, 0.4) is 0 Å². The summed E-state index contributed by atoms with van der Waals surface area (Å²) in [4.78, 5) is 0. The number of nitrogens with one attached hydrogen (secondary N) is 1. The Morgan fingerprint density at radius 1 is 1.21 bits per heavy atom. The fourth-order valence-corrected chi connectivity index (χ4v) is 2.92. The highest BCUT2D eigenvalue weighted by atomic mass is 32.1. The van der Waals surface area contributed by atoms with Crippen molar-refractivity contribution < 1.29 is 10.2 Å². The summed E-state index contributed by atoms with van der Waals surface area (Å²) in [5.41, 5.74) is 2.13. The van der Waals surface area contributed by atoms with Crippen molar-refractivity contribution in [2.75, 3.05) is 0 Å². The molecule has 0 aliphatic heterocycles. The van der Waals surface area contributed by atoms with E-state index in [0.29, 0.717) is 6.04 Å². The van der Waals surface area contributed by atoms with Gasteiger partial charge in [0, 0.05) is 23.7 Å². The van der Waals surface area contributed by atoms with Crippen LogP contribution in [0, 0.1) is 0 Å². The van der Waals surface area contributed by atoms with E-state index in [0.717, 1.165) is 12.0 Å². The summed E-state index contributed by atoms with van der Waals surface area (Å²) in [6.45, 7) is 4.14. The fraction of sp³-hybridized carbons (Fsp3) is 0.333. The molecule has 0 amide bonds. The van der Waals surface area contributed by atoms with Gasteiger partial charge in [0.05, 0.1) is 0 Å². The van der Waals surface area contributed by atoms with Gasteiger partial charge in [-0.05, 0) is 48.7 Å². The second kappa shape index (κ2) is 6.08. The van der Waals surface area contributed by atoms with Gasteiger partial charge < -0.3 is 15.5 Å². The van der Waals surface area contributed by atoms with Crippen molar-refractivity contribution in [3.8, 4) is 11.5 Å². The molecule has 0 spiro atoms. The average molecular weight is 277 g/mol. The van der Waals surface area contributed by atoms with Crippen LogP contribution in [0.5, 0.6) is 11.5 Å². The molecule has 0 aliphatic carbocycles. The van der Waals surface area contributed by atoms with Gasteiger partial charge in [0.1, 0.15) is 11.5 Å². The lowest BCUT2D eigenvalue weighted by Crippen LogP contribution is -2.30. The maximum atomic E-state index is 9.83. The highest BCUT2D eigenvalue weighted by molar-refractivity contribution is 7.07. The zero-order valence-electron chi connectivity index (χ0n) is 11.1. The number of rotatable bonds is 5. The highest BCUT2D eigenvalue weighted by Gasteiger charge is 2.13. The molecule has 3 N–H and O–H groups in total. The molecule has 0 saturated carbocycles. The molecule has 0 bridgehead atoms. The minimum absolute atomic E-state index is 0.0363. The predicted octanol–water partition coefficient (Wildman–Crippen LogP) is 3.44. The molecular weight excluding hydrogens is 258 g/mol. The van der Waals surface area contributed by atoms with Crippen LogP contribution in [0.4, 0.5) is 0 Å². The molecule has 1 aromatic heterocycles. The van der Waals surface area contributed by atoms with Gasteiger partial charge in [0.25, 0.3) is 0 Å². The molecule has 4 heteroatoms. The van der Waals surface area contributed by atoms with Crippen molar-refractivity contribution in [1.29, 1.82) is 0 Å². The number of phenols is 2. The zero-order valence-corrected chi connectivity index (χ0v) is 11.9. The summed E-state index contributed by atoms with van der Waals surface area (Å²) < 4.78 is 0. The van der Waals surface area contributed by atoms with Gasteiger partial charge in [0.2, 0.25) is 0 Å². The number of phenolic OH excluding ortho intramolecular Hbond substituents is 2. The summed E-state index contributed by atoms with van der Waals surface area (Å²) in [6.07, 6.45) is 0.965. The Hall–Kier alpha value is -1.52. The molecule has 19 heavy (non-hydrogen) atoms. The van der Waals surface area contributed by atoms with Crippen LogP contribution in [0.25, 0.3) is 0 Å². The van der Waals surface area contributed by atoms with Crippen molar-refractivity contribution >= 4 is 11.3 Å². The largest absolute Gasteiger partial charge is 0.508 e. The molecule has 2 atom stereocenters. The summed E-state index contributed by atoms with van der Waals surface area (Å²) in [7, 11) is 0. The fourth-order valence-electron chi connectivity index (χ4n) is 2.24. The van der Waals surface area contributed by atoms with E-state index in [9.17, 15) is 10.2 Å². The van der Waals surface area contributed by atoms with E-state index in [-0.39, 0.29) is 17.5 Å². The van der Waals surface area contributed by atoms with Crippen molar-refractivity contribution in [1.82, 2.24) is 5.32 Å². The Morgan fingerprint density at radius 3 is 2.63 bits per heavy atom. The van der Waals surface area contributed by atoms with Crippen LogP contribution in [0.15, 0.2) is 35.0 Å². The van der Waals surface area contributed by atoms with Crippen molar-refractivity contribution in [2.24, 2.45) is 0 Å². The smallest absolute Gasteiger partial charge is 0.124 e.